The summed E-state index contributed by atoms with van der Waals surface area (Å²) in [6.07, 6.45) is 2.67. The topological polar surface area (TPSA) is 54.1 Å². The maximum Gasteiger partial charge on any atom is 0.191 e. The number of hydrogen-bond donors (Lipinski definition) is 1. The van der Waals surface area contributed by atoms with Gasteiger partial charge in [0.05, 0.1) is 19.8 Å². The zero-order valence-electron chi connectivity index (χ0n) is 14.8. The van der Waals surface area contributed by atoms with E-state index in [4.69, 9.17) is 10.5 Å². The maximum absolute atomic E-state index is 6.16. The lowest BCUT2D eigenvalue weighted by Crippen LogP contribution is -2.44. The van der Waals surface area contributed by atoms with Crippen LogP contribution in [0.2, 0.25) is 0 Å². The summed E-state index contributed by atoms with van der Waals surface area (Å²) in [6, 6.07) is 8.63. The highest BCUT2D eigenvalue weighted by Crippen LogP contribution is 2.20. The van der Waals surface area contributed by atoms with Gasteiger partial charge >= 0.3 is 0 Å². The van der Waals surface area contributed by atoms with E-state index in [2.05, 4.69) is 46.0 Å². The third-order valence-electron chi connectivity index (χ3n) is 5.00. The van der Waals surface area contributed by atoms with Gasteiger partial charge in [-0.15, -0.1) is 0 Å². The maximum atomic E-state index is 6.16. The van der Waals surface area contributed by atoms with Gasteiger partial charge in [-0.2, -0.15) is 0 Å². The van der Waals surface area contributed by atoms with Crippen molar-refractivity contribution in [2.24, 2.45) is 16.6 Å². The zero-order chi connectivity index (χ0) is 16.8. The molecule has 2 aliphatic heterocycles. The fraction of sp³-hybridized carbons (Fsp3) is 0.632. The highest BCUT2D eigenvalue weighted by Gasteiger charge is 2.17. The Kier molecular flexibility index (Phi) is 6.10. The van der Waals surface area contributed by atoms with E-state index in [0.29, 0.717) is 12.5 Å². The van der Waals surface area contributed by atoms with Gasteiger partial charge in [-0.25, -0.2) is 4.99 Å². The van der Waals surface area contributed by atoms with E-state index in [1.54, 1.807) is 0 Å². The standard InChI is InChI=1S/C19H30N4O/c1-16-5-4-8-22(14-16)15-18-7-3-2-6-17(18)13-21-19(20)23-9-11-24-12-10-23/h2-3,6-7,16H,4-5,8-15H2,1H3,(H2,20,21). The lowest BCUT2D eigenvalue weighted by Gasteiger charge is -2.31. The average Bonchev–Trinajstić information content (AvgIpc) is 2.61. The van der Waals surface area contributed by atoms with Crippen molar-refractivity contribution in [2.45, 2.75) is 32.9 Å². The van der Waals surface area contributed by atoms with Crippen molar-refractivity contribution in [3.8, 4) is 0 Å². The van der Waals surface area contributed by atoms with Crippen LogP contribution in [0.4, 0.5) is 0 Å². The van der Waals surface area contributed by atoms with E-state index in [9.17, 15) is 0 Å². The second kappa shape index (κ2) is 8.49. The molecule has 1 unspecified atom stereocenters. The summed E-state index contributed by atoms with van der Waals surface area (Å²) >= 11 is 0. The summed E-state index contributed by atoms with van der Waals surface area (Å²) in [5.41, 5.74) is 8.82. The van der Waals surface area contributed by atoms with Crippen LogP contribution in [0.5, 0.6) is 0 Å². The van der Waals surface area contributed by atoms with Crippen LogP contribution in [0.25, 0.3) is 0 Å². The molecule has 3 rings (SSSR count). The lowest BCUT2D eigenvalue weighted by molar-refractivity contribution is 0.0674. The van der Waals surface area contributed by atoms with Crippen molar-refractivity contribution in [2.75, 3.05) is 39.4 Å². The normalized spacial score (nSPS) is 23.5. The average molecular weight is 330 g/mol. The largest absolute Gasteiger partial charge is 0.378 e. The van der Waals surface area contributed by atoms with E-state index in [-0.39, 0.29) is 0 Å². The summed E-state index contributed by atoms with van der Waals surface area (Å²) < 4.78 is 5.37. The molecule has 2 heterocycles. The van der Waals surface area contributed by atoms with E-state index >= 15 is 0 Å². The minimum atomic E-state index is 0.639. The van der Waals surface area contributed by atoms with Gasteiger partial charge in [-0.05, 0) is 36.4 Å². The molecule has 24 heavy (non-hydrogen) atoms. The van der Waals surface area contributed by atoms with Crippen LogP contribution in [-0.4, -0.2) is 55.2 Å². The van der Waals surface area contributed by atoms with Crippen molar-refractivity contribution in [1.29, 1.82) is 0 Å². The van der Waals surface area contributed by atoms with Crippen LogP contribution in [0.15, 0.2) is 29.3 Å². The Morgan fingerprint density at radius 2 is 1.96 bits per heavy atom. The minimum absolute atomic E-state index is 0.639. The van der Waals surface area contributed by atoms with Gasteiger partial charge < -0.3 is 15.4 Å². The Morgan fingerprint density at radius 3 is 2.71 bits per heavy atom. The van der Waals surface area contributed by atoms with Gasteiger partial charge in [-0.1, -0.05) is 31.2 Å². The molecule has 0 spiro atoms. The van der Waals surface area contributed by atoms with E-state index in [1.807, 2.05) is 0 Å². The predicted molar refractivity (Wildman–Crippen MR) is 97.8 cm³/mol. The Balaban J connectivity index is 1.63. The number of piperidine rings is 1. The first-order valence-corrected chi connectivity index (χ1v) is 9.14. The van der Waals surface area contributed by atoms with Crippen molar-refractivity contribution in [3.63, 3.8) is 0 Å². The van der Waals surface area contributed by atoms with Gasteiger partial charge in [-0.3, -0.25) is 4.90 Å². The highest BCUT2D eigenvalue weighted by atomic mass is 16.5. The number of ether oxygens (including phenoxy) is 1. The SMILES string of the molecule is CC1CCCN(Cc2ccccc2CN=C(N)N2CCOCC2)C1. The summed E-state index contributed by atoms with van der Waals surface area (Å²) in [5, 5.41) is 0. The molecule has 0 aliphatic carbocycles. The van der Waals surface area contributed by atoms with Gasteiger partial charge in [0.25, 0.3) is 0 Å². The molecule has 2 fully saturated rings. The fourth-order valence-corrected chi connectivity index (χ4v) is 3.60. The van der Waals surface area contributed by atoms with Crippen LogP contribution in [-0.2, 0) is 17.8 Å². The Morgan fingerprint density at radius 1 is 1.21 bits per heavy atom. The van der Waals surface area contributed by atoms with Crippen LogP contribution in [0.3, 0.4) is 0 Å². The van der Waals surface area contributed by atoms with Gasteiger partial charge in [0.1, 0.15) is 0 Å². The fourth-order valence-electron chi connectivity index (χ4n) is 3.60. The van der Waals surface area contributed by atoms with Crippen LogP contribution >= 0.6 is 0 Å². The van der Waals surface area contributed by atoms with Gasteiger partial charge in [0.2, 0.25) is 0 Å². The summed E-state index contributed by atoms with van der Waals surface area (Å²) in [4.78, 5) is 9.31. The van der Waals surface area contributed by atoms with Crippen molar-refractivity contribution < 1.29 is 4.74 Å². The second-order valence-electron chi connectivity index (χ2n) is 7.03. The monoisotopic (exact) mass is 330 g/mol. The Labute approximate surface area is 145 Å². The van der Waals surface area contributed by atoms with Crippen LogP contribution in [0.1, 0.15) is 30.9 Å². The molecule has 0 saturated carbocycles. The Bertz CT molecular complexity index is 554. The number of guanidine groups is 1. The molecule has 2 aliphatic rings. The number of morpholine rings is 1. The van der Waals surface area contributed by atoms with Crippen molar-refractivity contribution in [1.82, 2.24) is 9.80 Å². The lowest BCUT2D eigenvalue weighted by atomic mass is 9.99. The van der Waals surface area contributed by atoms with Crippen LogP contribution in [0, 0.1) is 5.92 Å². The molecular formula is C19H30N4O. The third kappa shape index (κ3) is 4.71. The molecule has 1 atom stereocenters. The number of likely N-dealkylation sites (tertiary alicyclic amines) is 1. The quantitative estimate of drug-likeness (QED) is 0.678. The molecule has 1 aromatic rings. The first-order valence-electron chi connectivity index (χ1n) is 9.14. The van der Waals surface area contributed by atoms with Gasteiger partial charge in [0.15, 0.2) is 5.96 Å². The molecule has 2 saturated heterocycles. The number of benzene rings is 1. The number of nitrogens with two attached hydrogens (primary N) is 1. The van der Waals surface area contributed by atoms with Crippen molar-refractivity contribution in [3.05, 3.63) is 35.4 Å². The molecule has 132 valence electrons. The van der Waals surface area contributed by atoms with Crippen LogP contribution < -0.4 is 5.73 Å². The highest BCUT2D eigenvalue weighted by molar-refractivity contribution is 5.78. The zero-order valence-corrected chi connectivity index (χ0v) is 14.8. The Hall–Kier alpha value is -1.59. The van der Waals surface area contributed by atoms with Crippen molar-refractivity contribution >= 4 is 5.96 Å². The molecule has 0 aromatic heterocycles. The molecule has 0 bridgehead atoms. The third-order valence-corrected chi connectivity index (χ3v) is 5.00. The summed E-state index contributed by atoms with van der Waals surface area (Å²) in [7, 11) is 0. The molecule has 5 nitrogen and oxygen atoms in total. The summed E-state index contributed by atoms with van der Waals surface area (Å²) in [5.74, 6) is 1.44. The molecule has 2 N–H and O–H groups in total. The molecular weight excluding hydrogens is 300 g/mol. The number of hydrogen-bond acceptors (Lipinski definition) is 3. The van der Waals surface area contributed by atoms with E-state index in [1.165, 1.54) is 37.1 Å². The molecule has 0 amide bonds. The minimum Gasteiger partial charge on any atom is -0.378 e. The molecule has 5 heteroatoms. The smallest absolute Gasteiger partial charge is 0.191 e. The number of aliphatic imine (C=N–C) groups is 1. The van der Waals surface area contributed by atoms with E-state index in [0.717, 1.165) is 38.8 Å². The number of rotatable bonds is 4. The molecule has 1 aromatic carbocycles. The number of nitrogens with zero attached hydrogens (tertiary/aromatic N) is 3. The summed E-state index contributed by atoms with van der Waals surface area (Å²) in [6.45, 7) is 9.58. The first kappa shape index (κ1) is 17.2. The second-order valence-corrected chi connectivity index (χ2v) is 7.03. The van der Waals surface area contributed by atoms with Gasteiger partial charge in [0, 0.05) is 26.2 Å². The molecule has 0 radical (unpaired) electrons. The predicted octanol–water partition coefficient (Wildman–Crippen LogP) is 2.07. The first-order chi connectivity index (χ1) is 11.7. The van der Waals surface area contributed by atoms with E-state index < -0.39 is 0 Å².